The van der Waals surface area contributed by atoms with Gasteiger partial charge in [0.25, 0.3) is 0 Å². The summed E-state index contributed by atoms with van der Waals surface area (Å²) in [7, 11) is 0. The summed E-state index contributed by atoms with van der Waals surface area (Å²) in [6.07, 6.45) is 3.05. The molecule has 2 N–H and O–H groups in total. The normalized spacial score (nSPS) is 11.2. The van der Waals surface area contributed by atoms with E-state index in [0.717, 1.165) is 13.0 Å². The fourth-order valence-corrected chi connectivity index (χ4v) is 4.23. The predicted molar refractivity (Wildman–Crippen MR) is 105 cm³/mol. The van der Waals surface area contributed by atoms with Gasteiger partial charge in [-0.3, -0.25) is 0 Å². The number of hydrogen-bond donors (Lipinski definition) is 1. The van der Waals surface area contributed by atoms with Crippen molar-refractivity contribution in [3.8, 4) is 0 Å². The molecule has 2 aromatic carbocycles. The van der Waals surface area contributed by atoms with E-state index in [-0.39, 0.29) is 0 Å². The second-order valence-corrected chi connectivity index (χ2v) is 7.16. The Labute approximate surface area is 149 Å². The van der Waals surface area contributed by atoms with E-state index in [4.69, 9.17) is 5.73 Å². The monoisotopic (exact) mass is 422 g/mol. The van der Waals surface area contributed by atoms with E-state index < -0.39 is 0 Å². The number of fused-ring (bicyclic) bond motifs is 1. The summed E-state index contributed by atoms with van der Waals surface area (Å²) in [5, 5.41) is 1.35. The van der Waals surface area contributed by atoms with E-state index in [9.17, 15) is 0 Å². The molecule has 4 heteroatoms. The third-order valence-electron chi connectivity index (χ3n) is 3.88. The van der Waals surface area contributed by atoms with E-state index in [1.807, 2.05) is 0 Å². The van der Waals surface area contributed by atoms with Crippen molar-refractivity contribution in [2.75, 3.05) is 12.8 Å². The Balaban J connectivity index is 2.14. The molecule has 0 bridgehead atoms. The van der Waals surface area contributed by atoms with Crippen molar-refractivity contribution in [3.05, 3.63) is 63.4 Å². The lowest BCUT2D eigenvalue weighted by Gasteiger charge is -2.08. The third-order valence-corrected chi connectivity index (χ3v) is 5.84. The molecule has 0 saturated heterocycles. The van der Waals surface area contributed by atoms with Crippen molar-refractivity contribution in [1.29, 1.82) is 0 Å². The molecule has 0 saturated carbocycles. The lowest BCUT2D eigenvalue weighted by atomic mass is 10.1. The van der Waals surface area contributed by atoms with Crippen molar-refractivity contribution in [1.82, 2.24) is 4.57 Å². The zero-order chi connectivity index (χ0) is 15.5. The van der Waals surface area contributed by atoms with Gasteiger partial charge in [0.05, 0.1) is 3.70 Å². The van der Waals surface area contributed by atoms with Gasteiger partial charge in [-0.25, -0.2) is 0 Å². The minimum absolute atomic E-state index is 0.684. The highest BCUT2D eigenvalue weighted by Crippen LogP contribution is 2.31. The standard InChI is InChI=1S/C18H19IN2S/c1-22-14-7-8-17-16(11-14)15(9-10-20)18(19)21(17)12-13-5-3-2-4-6-13/h2-8,11H,9-10,12,20H2,1H3. The Hall–Kier alpha value is -0.980. The fourth-order valence-electron chi connectivity index (χ4n) is 2.80. The lowest BCUT2D eigenvalue weighted by Crippen LogP contribution is -2.06. The molecule has 1 aromatic heterocycles. The molecule has 0 spiro atoms. The van der Waals surface area contributed by atoms with Crippen LogP contribution in [-0.4, -0.2) is 17.4 Å². The van der Waals surface area contributed by atoms with Gasteiger partial charge in [0, 0.05) is 22.3 Å². The average Bonchev–Trinajstić information content (AvgIpc) is 2.81. The van der Waals surface area contributed by atoms with Crippen molar-refractivity contribution in [2.45, 2.75) is 17.9 Å². The molecule has 0 atom stereocenters. The van der Waals surface area contributed by atoms with Gasteiger partial charge >= 0.3 is 0 Å². The van der Waals surface area contributed by atoms with Crippen LogP contribution < -0.4 is 5.73 Å². The molecule has 0 aliphatic carbocycles. The number of rotatable bonds is 5. The van der Waals surface area contributed by atoms with Gasteiger partial charge in [0.1, 0.15) is 0 Å². The van der Waals surface area contributed by atoms with Gasteiger partial charge in [0.2, 0.25) is 0 Å². The van der Waals surface area contributed by atoms with Crippen molar-refractivity contribution < 1.29 is 0 Å². The maximum atomic E-state index is 5.84. The number of nitrogens with two attached hydrogens (primary N) is 1. The molecule has 3 aromatic rings. The van der Waals surface area contributed by atoms with Crippen LogP contribution in [0.3, 0.4) is 0 Å². The topological polar surface area (TPSA) is 30.9 Å². The van der Waals surface area contributed by atoms with E-state index in [1.165, 1.54) is 30.6 Å². The maximum Gasteiger partial charge on any atom is 0.0845 e. The second-order valence-electron chi connectivity index (χ2n) is 5.26. The van der Waals surface area contributed by atoms with E-state index in [2.05, 4.69) is 81.9 Å². The molecule has 0 fully saturated rings. The minimum Gasteiger partial charge on any atom is -0.331 e. The van der Waals surface area contributed by atoms with Crippen LogP contribution >= 0.6 is 34.4 Å². The molecule has 3 rings (SSSR count). The average molecular weight is 422 g/mol. The van der Waals surface area contributed by atoms with Crippen molar-refractivity contribution >= 4 is 45.3 Å². The largest absolute Gasteiger partial charge is 0.331 e. The van der Waals surface area contributed by atoms with Crippen LogP contribution in [0.15, 0.2) is 53.4 Å². The number of aromatic nitrogens is 1. The highest BCUT2D eigenvalue weighted by atomic mass is 127. The maximum absolute atomic E-state index is 5.84. The Morgan fingerprint density at radius 3 is 2.59 bits per heavy atom. The van der Waals surface area contributed by atoms with Crippen LogP contribution in [-0.2, 0) is 13.0 Å². The Morgan fingerprint density at radius 1 is 1.14 bits per heavy atom. The SMILES string of the molecule is CSc1ccc2c(c1)c(CCN)c(I)n2Cc1ccccc1. The second kappa shape index (κ2) is 7.06. The summed E-state index contributed by atoms with van der Waals surface area (Å²) in [4.78, 5) is 1.30. The summed E-state index contributed by atoms with van der Waals surface area (Å²) in [5.74, 6) is 0. The number of thioether (sulfide) groups is 1. The van der Waals surface area contributed by atoms with Gasteiger partial charge in [0.15, 0.2) is 0 Å². The molecule has 2 nitrogen and oxygen atoms in total. The zero-order valence-electron chi connectivity index (χ0n) is 12.6. The third kappa shape index (κ3) is 3.05. The van der Waals surface area contributed by atoms with Crippen molar-refractivity contribution in [3.63, 3.8) is 0 Å². The van der Waals surface area contributed by atoms with Gasteiger partial charge < -0.3 is 10.3 Å². The lowest BCUT2D eigenvalue weighted by molar-refractivity contribution is 0.803. The Morgan fingerprint density at radius 2 is 1.91 bits per heavy atom. The molecule has 0 unspecified atom stereocenters. The van der Waals surface area contributed by atoms with Crippen LogP contribution in [0.25, 0.3) is 10.9 Å². The summed E-state index contributed by atoms with van der Waals surface area (Å²) in [6.45, 7) is 1.59. The zero-order valence-corrected chi connectivity index (χ0v) is 15.5. The van der Waals surface area contributed by atoms with Crippen molar-refractivity contribution in [2.24, 2.45) is 5.73 Å². The van der Waals surface area contributed by atoms with E-state index in [1.54, 1.807) is 11.8 Å². The van der Waals surface area contributed by atoms with Crippen LogP contribution in [0.2, 0.25) is 0 Å². The first-order valence-electron chi connectivity index (χ1n) is 7.33. The van der Waals surface area contributed by atoms with Crippen LogP contribution in [0.1, 0.15) is 11.1 Å². The van der Waals surface area contributed by atoms with E-state index >= 15 is 0 Å². The highest BCUT2D eigenvalue weighted by molar-refractivity contribution is 14.1. The molecular formula is C18H19IN2S. The van der Waals surface area contributed by atoms with Gasteiger partial charge in [-0.15, -0.1) is 11.8 Å². The Bertz CT molecular complexity index is 781. The predicted octanol–water partition coefficient (Wildman–Crippen LogP) is 4.52. The summed E-state index contributed by atoms with van der Waals surface area (Å²) in [6, 6.07) is 17.4. The quantitative estimate of drug-likeness (QED) is 0.484. The summed E-state index contributed by atoms with van der Waals surface area (Å²) in [5.41, 5.74) is 9.84. The number of halogens is 1. The van der Waals surface area contributed by atoms with Gasteiger partial charge in [-0.1, -0.05) is 30.3 Å². The molecule has 0 radical (unpaired) electrons. The Kier molecular flexibility index (Phi) is 5.10. The number of hydrogen-bond acceptors (Lipinski definition) is 2. The summed E-state index contributed by atoms with van der Waals surface area (Å²) >= 11 is 4.26. The first-order chi connectivity index (χ1) is 10.7. The van der Waals surface area contributed by atoms with Crippen LogP contribution in [0.4, 0.5) is 0 Å². The molecule has 0 amide bonds. The van der Waals surface area contributed by atoms with Crippen LogP contribution in [0.5, 0.6) is 0 Å². The number of benzene rings is 2. The summed E-state index contributed by atoms with van der Waals surface area (Å²) < 4.78 is 3.71. The number of nitrogens with zero attached hydrogens (tertiary/aromatic N) is 1. The first-order valence-corrected chi connectivity index (χ1v) is 9.63. The molecular weight excluding hydrogens is 403 g/mol. The first kappa shape index (κ1) is 15.9. The van der Waals surface area contributed by atoms with Crippen LogP contribution in [0, 0.1) is 3.70 Å². The molecule has 0 aliphatic heterocycles. The molecule has 0 aliphatic rings. The smallest absolute Gasteiger partial charge is 0.0845 e. The van der Waals surface area contributed by atoms with Gasteiger partial charge in [-0.2, -0.15) is 0 Å². The van der Waals surface area contributed by atoms with Gasteiger partial charge in [-0.05, 0) is 71.1 Å². The molecule has 1 heterocycles. The molecule has 114 valence electrons. The minimum atomic E-state index is 0.684. The molecule has 22 heavy (non-hydrogen) atoms. The fraction of sp³-hybridized carbons (Fsp3) is 0.222. The highest BCUT2D eigenvalue weighted by Gasteiger charge is 2.15. The van der Waals surface area contributed by atoms with E-state index in [0.29, 0.717) is 6.54 Å².